The summed E-state index contributed by atoms with van der Waals surface area (Å²) < 4.78 is 34.1. The molecular formula is C22H29N3O5S. The quantitative estimate of drug-likeness (QED) is 0.710. The van der Waals surface area contributed by atoms with Gasteiger partial charge in [-0.1, -0.05) is 31.4 Å². The van der Waals surface area contributed by atoms with E-state index in [0.717, 1.165) is 25.7 Å². The molecule has 3 aliphatic rings. The molecule has 1 saturated carbocycles. The maximum Gasteiger partial charge on any atom is 0.311 e. The zero-order valence-corrected chi connectivity index (χ0v) is 18.6. The lowest BCUT2D eigenvalue weighted by Crippen LogP contribution is -2.46. The summed E-state index contributed by atoms with van der Waals surface area (Å²) in [7, 11) is -3.71. The van der Waals surface area contributed by atoms with Gasteiger partial charge in [0.25, 0.3) is 15.9 Å². The second-order valence-electron chi connectivity index (χ2n) is 8.59. The molecule has 168 valence electrons. The lowest BCUT2D eigenvalue weighted by atomic mass is 9.95. The van der Waals surface area contributed by atoms with Crippen LogP contribution in [0.1, 0.15) is 57.4 Å². The van der Waals surface area contributed by atoms with Crippen LogP contribution in [0.25, 0.3) is 0 Å². The van der Waals surface area contributed by atoms with Gasteiger partial charge in [-0.15, -0.1) is 4.40 Å². The van der Waals surface area contributed by atoms with Crippen LogP contribution >= 0.6 is 0 Å². The molecule has 4 rings (SSSR count). The molecule has 2 fully saturated rings. The molecule has 2 aliphatic heterocycles. The Morgan fingerprint density at radius 3 is 2.65 bits per heavy atom. The van der Waals surface area contributed by atoms with E-state index in [4.69, 9.17) is 4.74 Å². The number of hydrogen-bond donors (Lipinski definition) is 1. The zero-order valence-electron chi connectivity index (χ0n) is 17.7. The van der Waals surface area contributed by atoms with Crippen molar-refractivity contribution >= 4 is 27.7 Å². The number of amidine groups is 1. The zero-order chi connectivity index (χ0) is 22.0. The van der Waals surface area contributed by atoms with Crippen LogP contribution in [0.3, 0.4) is 0 Å². The van der Waals surface area contributed by atoms with Gasteiger partial charge in [0.05, 0.1) is 5.92 Å². The number of likely N-dealkylation sites (tertiary alicyclic amines) is 1. The SMILES string of the molecule is CC(OC(=O)C1CCCN(C2=NS(=O)(=O)c3ccccc32)C1)C(=O)NC1CCCCC1. The van der Waals surface area contributed by atoms with Crippen LogP contribution in [0, 0.1) is 5.92 Å². The Bertz CT molecular complexity index is 985. The van der Waals surface area contributed by atoms with E-state index in [2.05, 4.69) is 9.71 Å². The highest BCUT2D eigenvalue weighted by molar-refractivity contribution is 7.90. The van der Waals surface area contributed by atoms with Gasteiger partial charge in [-0.25, -0.2) is 0 Å². The molecule has 2 heterocycles. The number of rotatable bonds is 4. The van der Waals surface area contributed by atoms with Gasteiger partial charge < -0.3 is 15.0 Å². The normalized spacial score (nSPS) is 24.1. The predicted molar refractivity (Wildman–Crippen MR) is 115 cm³/mol. The van der Waals surface area contributed by atoms with Gasteiger partial charge in [0.2, 0.25) is 0 Å². The minimum absolute atomic E-state index is 0.162. The molecule has 0 aromatic heterocycles. The van der Waals surface area contributed by atoms with Crippen molar-refractivity contribution in [3.63, 3.8) is 0 Å². The van der Waals surface area contributed by atoms with Crippen LogP contribution in [0.4, 0.5) is 0 Å². The van der Waals surface area contributed by atoms with E-state index in [1.807, 2.05) is 4.90 Å². The molecular weight excluding hydrogens is 418 g/mol. The first kappa shape index (κ1) is 21.8. The Morgan fingerprint density at radius 1 is 1.13 bits per heavy atom. The Balaban J connectivity index is 1.37. The summed E-state index contributed by atoms with van der Waals surface area (Å²) in [6.45, 7) is 2.53. The Kier molecular flexibility index (Phi) is 6.31. The lowest BCUT2D eigenvalue weighted by Gasteiger charge is -2.33. The summed E-state index contributed by atoms with van der Waals surface area (Å²) in [6.07, 6.45) is 5.85. The summed E-state index contributed by atoms with van der Waals surface area (Å²) >= 11 is 0. The van der Waals surface area contributed by atoms with Gasteiger partial charge in [-0.3, -0.25) is 9.59 Å². The summed E-state index contributed by atoms with van der Waals surface area (Å²) in [5.74, 6) is -0.730. The highest BCUT2D eigenvalue weighted by Crippen LogP contribution is 2.30. The van der Waals surface area contributed by atoms with Crippen molar-refractivity contribution in [2.45, 2.75) is 68.9 Å². The first-order chi connectivity index (χ1) is 14.8. The smallest absolute Gasteiger partial charge is 0.311 e. The minimum Gasteiger partial charge on any atom is -0.452 e. The molecule has 1 aromatic carbocycles. The number of hydrogen-bond acceptors (Lipinski definition) is 6. The van der Waals surface area contributed by atoms with Gasteiger partial charge >= 0.3 is 5.97 Å². The first-order valence-corrected chi connectivity index (χ1v) is 12.5. The number of fused-ring (bicyclic) bond motifs is 1. The Labute approximate surface area is 183 Å². The fourth-order valence-corrected chi connectivity index (χ4v) is 5.80. The third-order valence-corrected chi connectivity index (χ3v) is 7.61. The van der Waals surface area contributed by atoms with Gasteiger partial charge in [-0.05, 0) is 44.7 Å². The third-order valence-electron chi connectivity index (χ3n) is 6.28. The highest BCUT2D eigenvalue weighted by Gasteiger charge is 2.36. The van der Waals surface area contributed by atoms with Crippen LogP contribution in [-0.4, -0.2) is 56.3 Å². The first-order valence-electron chi connectivity index (χ1n) is 11.1. The summed E-state index contributed by atoms with van der Waals surface area (Å²) in [5.41, 5.74) is 0.566. The number of carbonyl (C=O) groups is 2. The van der Waals surface area contributed by atoms with E-state index in [-0.39, 0.29) is 16.8 Å². The molecule has 1 amide bonds. The Hall–Kier alpha value is -2.42. The van der Waals surface area contributed by atoms with Crippen molar-refractivity contribution in [1.29, 1.82) is 0 Å². The maximum atomic E-state index is 12.8. The fourth-order valence-electron chi connectivity index (χ4n) is 4.57. The van der Waals surface area contributed by atoms with Gasteiger partial charge in [-0.2, -0.15) is 8.42 Å². The van der Waals surface area contributed by atoms with Crippen molar-refractivity contribution in [3.05, 3.63) is 29.8 Å². The van der Waals surface area contributed by atoms with E-state index < -0.39 is 28.0 Å². The van der Waals surface area contributed by atoms with Crippen LogP contribution in [0.5, 0.6) is 0 Å². The van der Waals surface area contributed by atoms with E-state index in [1.165, 1.54) is 6.42 Å². The van der Waals surface area contributed by atoms with Crippen LogP contribution in [0.2, 0.25) is 0 Å². The van der Waals surface area contributed by atoms with Crippen molar-refractivity contribution in [1.82, 2.24) is 10.2 Å². The highest BCUT2D eigenvalue weighted by atomic mass is 32.2. The minimum atomic E-state index is -3.71. The second-order valence-corrected chi connectivity index (χ2v) is 10.2. The molecule has 2 unspecified atom stereocenters. The molecule has 8 nitrogen and oxygen atoms in total. The molecule has 9 heteroatoms. The van der Waals surface area contributed by atoms with Crippen LogP contribution in [-0.2, 0) is 24.3 Å². The monoisotopic (exact) mass is 447 g/mol. The van der Waals surface area contributed by atoms with E-state index >= 15 is 0 Å². The van der Waals surface area contributed by atoms with Gasteiger partial charge in [0.1, 0.15) is 4.90 Å². The average Bonchev–Trinajstić information content (AvgIpc) is 3.05. The topological polar surface area (TPSA) is 105 Å². The molecule has 1 saturated heterocycles. The number of nitrogens with zero attached hydrogens (tertiary/aromatic N) is 2. The number of benzene rings is 1. The molecule has 1 aliphatic carbocycles. The second kappa shape index (κ2) is 8.98. The van der Waals surface area contributed by atoms with Gasteiger partial charge in [0, 0.05) is 24.7 Å². The van der Waals surface area contributed by atoms with E-state index in [0.29, 0.717) is 37.3 Å². The predicted octanol–water partition coefficient (Wildman–Crippen LogP) is 2.23. The van der Waals surface area contributed by atoms with E-state index in [9.17, 15) is 18.0 Å². The summed E-state index contributed by atoms with van der Waals surface area (Å²) in [6, 6.07) is 6.89. The number of piperidine rings is 1. The van der Waals surface area contributed by atoms with Crippen molar-refractivity contribution in [2.24, 2.45) is 10.3 Å². The summed E-state index contributed by atoms with van der Waals surface area (Å²) in [5, 5.41) is 2.99. The van der Waals surface area contributed by atoms with Crippen molar-refractivity contribution < 1.29 is 22.7 Å². The molecule has 1 aromatic rings. The number of amides is 1. The molecule has 1 N–H and O–H groups in total. The Morgan fingerprint density at radius 2 is 1.87 bits per heavy atom. The van der Waals surface area contributed by atoms with Crippen LogP contribution in [0.15, 0.2) is 33.6 Å². The van der Waals surface area contributed by atoms with Gasteiger partial charge in [0.15, 0.2) is 11.9 Å². The standard InChI is InChI=1S/C22H29N3O5S/c1-15(21(26)23-17-9-3-2-4-10-17)30-22(27)16-8-7-13-25(14-16)20-18-11-5-6-12-19(18)31(28,29)24-20/h5-6,11-12,15-17H,2-4,7-10,13-14H2,1H3,(H,23,26). The summed E-state index contributed by atoms with van der Waals surface area (Å²) in [4.78, 5) is 27.2. The number of esters is 1. The van der Waals surface area contributed by atoms with Crippen molar-refractivity contribution in [3.8, 4) is 0 Å². The van der Waals surface area contributed by atoms with Crippen molar-refractivity contribution in [2.75, 3.05) is 13.1 Å². The van der Waals surface area contributed by atoms with Crippen LogP contribution < -0.4 is 5.32 Å². The average molecular weight is 448 g/mol. The molecule has 31 heavy (non-hydrogen) atoms. The van der Waals surface area contributed by atoms with E-state index in [1.54, 1.807) is 31.2 Å². The lowest BCUT2D eigenvalue weighted by molar-refractivity contribution is -0.160. The number of ether oxygens (including phenoxy) is 1. The maximum absolute atomic E-state index is 12.8. The molecule has 2 atom stereocenters. The third kappa shape index (κ3) is 4.76. The largest absolute Gasteiger partial charge is 0.452 e. The molecule has 0 radical (unpaired) electrons. The molecule has 0 bridgehead atoms. The number of nitrogens with one attached hydrogen (secondary N) is 1. The number of sulfonamides is 1. The number of carbonyl (C=O) groups excluding carboxylic acids is 2. The molecule has 0 spiro atoms. The fraction of sp³-hybridized carbons (Fsp3) is 0.591.